The lowest BCUT2D eigenvalue weighted by Gasteiger charge is -2.33. The number of nitrogens with zero attached hydrogens (tertiary/aromatic N) is 4. The third-order valence-electron chi connectivity index (χ3n) is 7.49. The predicted molar refractivity (Wildman–Crippen MR) is 152 cm³/mol. The number of aromatic nitrogens is 3. The number of thiazole rings is 1. The van der Waals surface area contributed by atoms with Crippen molar-refractivity contribution in [1.82, 2.24) is 19.4 Å². The van der Waals surface area contributed by atoms with Crippen LogP contribution in [0.2, 0.25) is 5.02 Å². The van der Waals surface area contributed by atoms with Gasteiger partial charge in [0.15, 0.2) is 0 Å². The van der Waals surface area contributed by atoms with Gasteiger partial charge in [0.1, 0.15) is 22.3 Å². The van der Waals surface area contributed by atoms with Crippen LogP contribution in [0.25, 0.3) is 21.5 Å². The maximum atomic E-state index is 13.9. The monoisotopic (exact) mass is 619 g/mol. The van der Waals surface area contributed by atoms with Gasteiger partial charge in [-0.1, -0.05) is 23.7 Å². The fraction of sp³-hybridized carbons (Fsp3) is 0.357. The third-order valence-corrected chi connectivity index (χ3v) is 8.81. The molecular weight excluding hydrogens is 595 g/mol. The summed E-state index contributed by atoms with van der Waals surface area (Å²) in [6.45, 7) is 0.683. The number of fused-ring (bicyclic) bond motifs is 2. The predicted octanol–water partition coefficient (Wildman–Crippen LogP) is 5.17. The molecule has 2 aliphatic rings. The summed E-state index contributed by atoms with van der Waals surface area (Å²) in [4.78, 5) is 35.4. The first-order chi connectivity index (χ1) is 20.1. The van der Waals surface area contributed by atoms with Crippen molar-refractivity contribution in [1.29, 1.82) is 0 Å². The molecule has 4 heterocycles. The van der Waals surface area contributed by atoms with Gasteiger partial charge in [0.2, 0.25) is 0 Å². The second-order valence-corrected chi connectivity index (χ2v) is 11.7. The van der Waals surface area contributed by atoms with Gasteiger partial charge in [-0.05, 0) is 42.7 Å². The van der Waals surface area contributed by atoms with E-state index < -0.39 is 11.1 Å². The zero-order valence-electron chi connectivity index (χ0n) is 22.0. The number of nitrogens with one attached hydrogen (secondary N) is 1. The molecule has 6 rings (SSSR count). The van der Waals surface area contributed by atoms with Gasteiger partial charge in [-0.2, -0.15) is 13.2 Å². The van der Waals surface area contributed by atoms with Crippen LogP contribution >= 0.6 is 22.9 Å². The average Bonchev–Trinajstić information content (AvgIpc) is 3.60. The smallest absolute Gasteiger partial charge is 0.427 e. The number of cyclic esters (lactones) is 1. The molecule has 2 saturated heterocycles. The molecule has 2 N–H and O–H groups in total. The average molecular weight is 620 g/mol. The van der Waals surface area contributed by atoms with E-state index in [0.29, 0.717) is 52.8 Å². The highest BCUT2D eigenvalue weighted by Gasteiger charge is 2.38. The molecule has 0 spiro atoms. The number of benzene rings is 2. The highest BCUT2D eigenvalue weighted by Crippen LogP contribution is 2.40. The number of alkyl halides is 3. The minimum atomic E-state index is -4.55. The number of anilines is 1. The lowest BCUT2D eigenvalue weighted by Crippen LogP contribution is -2.45. The third kappa shape index (κ3) is 5.55. The van der Waals surface area contributed by atoms with Gasteiger partial charge in [-0.3, -0.25) is 9.36 Å². The van der Waals surface area contributed by atoms with Crippen LogP contribution in [-0.4, -0.2) is 62.5 Å². The molecule has 2 fully saturated rings. The van der Waals surface area contributed by atoms with E-state index in [1.807, 2.05) is 0 Å². The lowest BCUT2D eigenvalue weighted by molar-refractivity contribution is -0.134. The summed E-state index contributed by atoms with van der Waals surface area (Å²) in [5, 5.41) is 14.1. The molecule has 14 heteroatoms. The number of carbonyl (C=O) groups is 1. The Labute approximate surface area is 246 Å². The molecule has 2 aromatic heterocycles. The van der Waals surface area contributed by atoms with Crippen LogP contribution in [0.15, 0.2) is 47.4 Å². The first kappa shape index (κ1) is 28.4. The quantitative estimate of drug-likeness (QED) is 0.294. The van der Waals surface area contributed by atoms with Crippen LogP contribution in [0.4, 0.5) is 23.7 Å². The summed E-state index contributed by atoms with van der Waals surface area (Å²) in [5.74, 6) is 0.338. The number of hydrogen-bond donors (Lipinski definition) is 2. The molecule has 0 radical (unpaired) electrons. The van der Waals surface area contributed by atoms with E-state index in [0.717, 1.165) is 11.8 Å². The number of piperidine rings is 1. The Bertz CT molecular complexity index is 1710. The molecule has 0 aliphatic carbocycles. The van der Waals surface area contributed by atoms with E-state index in [2.05, 4.69) is 15.3 Å². The largest absolute Gasteiger partial charge is 0.447 e. The van der Waals surface area contributed by atoms with Gasteiger partial charge in [0, 0.05) is 35.3 Å². The van der Waals surface area contributed by atoms with Crippen molar-refractivity contribution in [2.24, 2.45) is 0 Å². The second kappa shape index (κ2) is 11.2. The number of amides is 1. The van der Waals surface area contributed by atoms with Crippen molar-refractivity contribution in [3.8, 4) is 10.6 Å². The Balaban J connectivity index is 1.45. The van der Waals surface area contributed by atoms with Gasteiger partial charge >= 0.3 is 12.3 Å². The minimum absolute atomic E-state index is 0.102. The first-order valence-electron chi connectivity index (χ1n) is 13.3. The number of aliphatic hydroxyl groups is 1. The van der Waals surface area contributed by atoms with Crippen molar-refractivity contribution >= 4 is 45.6 Å². The molecule has 0 saturated carbocycles. The summed E-state index contributed by atoms with van der Waals surface area (Å²) in [6, 6.07) is 9.97. The highest BCUT2D eigenvalue weighted by atomic mass is 35.5. The maximum absolute atomic E-state index is 13.9. The van der Waals surface area contributed by atoms with E-state index in [1.165, 1.54) is 4.57 Å². The number of hydrogen-bond acceptors (Lipinski definition) is 8. The van der Waals surface area contributed by atoms with Gasteiger partial charge in [0.25, 0.3) is 5.56 Å². The van der Waals surface area contributed by atoms with Crippen LogP contribution in [0.5, 0.6) is 0 Å². The Kier molecular flexibility index (Phi) is 7.58. The molecule has 9 nitrogen and oxygen atoms in total. The summed E-state index contributed by atoms with van der Waals surface area (Å²) in [6.07, 6.45) is -2.85. The van der Waals surface area contributed by atoms with Gasteiger partial charge in [0.05, 0.1) is 36.3 Å². The molecule has 220 valence electrons. The van der Waals surface area contributed by atoms with Crippen molar-refractivity contribution in [2.75, 3.05) is 25.1 Å². The topological polar surface area (TPSA) is 110 Å². The zero-order valence-corrected chi connectivity index (χ0v) is 23.6. The Morgan fingerprint density at radius 1 is 1.19 bits per heavy atom. The standard InChI is InChI=1S/C28H25ClF3N5O4S/c29-16-3-1-15(2-4-16)13-37-24(6-8-38)35-22-10-19(25-33-12-23(42-25)28(30,31)32)21(11-20(22)26(37)39)34-17-5-7-36-18(9-17)14-41-27(36)40/h1-4,10-12,17-18,34,38H,5-9,13-14H2/t17-,18-/m0/s1. The van der Waals surface area contributed by atoms with E-state index in [4.69, 9.17) is 16.3 Å². The van der Waals surface area contributed by atoms with Gasteiger partial charge < -0.3 is 20.1 Å². The first-order valence-corrected chi connectivity index (χ1v) is 14.5. The molecular formula is C28H25ClF3N5O4S. The normalized spacial score (nSPS) is 18.8. The molecule has 2 aromatic carbocycles. The molecule has 1 amide bonds. The summed E-state index contributed by atoms with van der Waals surface area (Å²) in [7, 11) is 0. The van der Waals surface area contributed by atoms with Crippen molar-refractivity contribution < 1.29 is 27.8 Å². The Hall–Kier alpha value is -3.68. The molecule has 42 heavy (non-hydrogen) atoms. The molecule has 0 unspecified atom stereocenters. The van der Waals surface area contributed by atoms with Crippen LogP contribution in [0, 0.1) is 0 Å². The number of ether oxygens (including phenoxy) is 1. The lowest BCUT2D eigenvalue weighted by atomic mass is 9.97. The SMILES string of the molecule is O=C1OC[C@@H]2C[C@@H](Nc3cc4c(=O)n(Cc5ccc(Cl)cc5)c(CCO)nc4cc3-c3ncc(C(F)(F)F)s3)CCN12. The van der Waals surface area contributed by atoms with Crippen molar-refractivity contribution in [2.45, 2.75) is 44.1 Å². The number of rotatable bonds is 7. The summed E-state index contributed by atoms with van der Waals surface area (Å²) >= 11 is 6.52. The zero-order chi connectivity index (χ0) is 29.6. The van der Waals surface area contributed by atoms with Crippen molar-refractivity contribution in [3.63, 3.8) is 0 Å². The van der Waals surface area contributed by atoms with Crippen LogP contribution < -0.4 is 10.9 Å². The molecule has 2 atom stereocenters. The van der Waals surface area contributed by atoms with Gasteiger partial charge in [-0.15, -0.1) is 11.3 Å². The number of carbonyl (C=O) groups excluding carboxylic acids is 1. The van der Waals surface area contributed by atoms with E-state index in [1.54, 1.807) is 41.3 Å². The minimum Gasteiger partial charge on any atom is -0.447 e. The van der Waals surface area contributed by atoms with E-state index in [-0.39, 0.29) is 65.8 Å². The second-order valence-electron chi connectivity index (χ2n) is 10.3. The van der Waals surface area contributed by atoms with Crippen LogP contribution in [0.3, 0.4) is 0 Å². The molecule has 2 aliphatic heterocycles. The number of aliphatic hydroxyl groups excluding tert-OH is 1. The maximum Gasteiger partial charge on any atom is 0.427 e. The molecule has 0 bridgehead atoms. The Morgan fingerprint density at radius 2 is 1.98 bits per heavy atom. The Morgan fingerprint density at radius 3 is 2.69 bits per heavy atom. The summed E-state index contributed by atoms with van der Waals surface area (Å²) < 4.78 is 47.0. The summed E-state index contributed by atoms with van der Waals surface area (Å²) in [5.41, 5.74) is 1.56. The fourth-order valence-electron chi connectivity index (χ4n) is 5.42. The van der Waals surface area contributed by atoms with Crippen LogP contribution in [0.1, 0.15) is 29.1 Å². The van der Waals surface area contributed by atoms with Crippen molar-refractivity contribution in [3.05, 3.63) is 74.2 Å². The van der Waals surface area contributed by atoms with Gasteiger partial charge in [-0.25, -0.2) is 14.8 Å². The van der Waals surface area contributed by atoms with E-state index in [9.17, 15) is 27.9 Å². The molecule has 4 aromatic rings. The fourth-order valence-corrected chi connectivity index (χ4v) is 6.36. The van der Waals surface area contributed by atoms with Crippen LogP contribution in [-0.2, 0) is 23.9 Å². The van der Waals surface area contributed by atoms with E-state index >= 15 is 0 Å². The number of halogens is 4. The highest BCUT2D eigenvalue weighted by molar-refractivity contribution is 7.15.